The van der Waals surface area contributed by atoms with E-state index >= 15 is 0 Å². The second-order valence-corrected chi connectivity index (χ2v) is 11.1. The molecule has 1 aliphatic heterocycles. The number of phenols is 1. The quantitative estimate of drug-likeness (QED) is 0.283. The molecule has 1 saturated heterocycles. The molecule has 3 rings (SSSR count). The highest BCUT2D eigenvalue weighted by Gasteiger charge is 2.31. The van der Waals surface area contributed by atoms with Crippen LogP contribution in [0.1, 0.15) is 11.1 Å². The average Bonchev–Trinajstić information content (AvgIpc) is 2.90. The predicted octanol–water partition coefficient (Wildman–Crippen LogP) is 0.524. The van der Waals surface area contributed by atoms with Crippen LogP contribution in [0.4, 0.5) is 0 Å². The number of amides is 3. The van der Waals surface area contributed by atoms with E-state index in [9.17, 15) is 29.4 Å². The molecule has 0 bridgehead atoms. The number of aliphatic carboxylic acids is 1. The van der Waals surface area contributed by atoms with Crippen LogP contribution in [-0.2, 0) is 32.0 Å². The van der Waals surface area contributed by atoms with Crippen molar-refractivity contribution in [1.82, 2.24) is 16.0 Å². The lowest BCUT2D eigenvalue weighted by molar-refractivity contribution is -0.141. The summed E-state index contributed by atoms with van der Waals surface area (Å²) < 4.78 is 0. The summed E-state index contributed by atoms with van der Waals surface area (Å²) in [5, 5.41) is 27.0. The fourth-order valence-corrected chi connectivity index (χ4v) is 5.95. The van der Waals surface area contributed by atoms with Gasteiger partial charge in [-0.05, 0) is 29.7 Å². The van der Waals surface area contributed by atoms with Crippen molar-refractivity contribution in [3.8, 4) is 5.75 Å². The van der Waals surface area contributed by atoms with Gasteiger partial charge in [0.25, 0.3) is 0 Å². The average molecular weight is 561 g/mol. The number of benzene rings is 2. The predicted molar refractivity (Wildman–Crippen MR) is 148 cm³/mol. The highest BCUT2D eigenvalue weighted by Crippen LogP contribution is 2.14. The number of thioether (sulfide) groups is 2. The number of carboxylic acid groups (broad SMARTS) is 1. The van der Waals surface area contributed by atoms with Gasteiger partial charge in [0.05, 0.1) is 6.04 Å². The Morgan fingerprint density at radius 1 is 0.947 bits per heavy atom. The largest absolute Gasteiger partial charge is 0.508 e. The van der Waals surface area contributed by atoms with Gasteiger partial charge >= 0.3 is 5.97 Å². The molecule has 0 spiro atoms. The number of carbonyl (C=O) groups excluding carboxylic acids is 3. The van der Waals surface area contributed by atoms with E-state index in [2.05, 4.69) is 16.0 Å². The Bertz CT molecular complexity index is 1100. The zero-order chi connectivity index (χ0) is 27.5. The van der Waals surface area contributed by atoms with Crippen LogP contribution in [0.15, 0.2) is 54.6 Å². The summed E-state index contributed by atoms with van der Waals surface area (Å²) in [5.74, 6) is -1.05. The van der Waals surface area contributed by atoms with E-state index < -0.39 is 47.9 Å². The Morgan fingerprint density at radius 2 is 1.61 bits per heavy atom. The van der Waals surface area contributed by atoms with Crippen molar-refractivity contribution >= 4 is 47.2 Å². The number of aromatic hydroxyl groups is 1. The maximum absolute atomic E-state index is 13.3. The molecule has 0 aromatic heterocycles. The first-order valence-corrected chi connectivity index (χ1v) is 14.4. The smallest absolute Gasteiger partial charge is 0.327 e. The Hall–Kier alpha value is -3.22. The zero-order valence-corrected chi connectivity index (χ0v) is 22.3. The summed E-state index contributed by atoms with van der Waals surface area (Å²) >= 11 is 2.84. The number of hydrogen-bond donors (Lipinski definition) is 6. The lowest BCUT2D eigenvalue weighted by Crippen LogP contribution is -2.58. The van der Waals surface area contributed by atoms with Crippen LogP contribution in [0.3, 0.4) is 0 Å². The molecule has 1 heterocycles. The summed E-state index contributed by atoms with van der Waals surface area (Å²) in [6, 6.07) is 11.4. The molecule has 0 radical (unpaired) electrons. The molecule has 3 amide bonds. The second kappa shape index (κ2) is 14.6. The van der Waals surface area contributed by atoms with Crippen molar-refractivity contribution < 1.29 is 29.4 Å². The van der Waals surface area contributed by atoms with E-state index in [1.165, 1.54) is 35.7 Å². The van der Waals surface area contributed by atoms with Gasteiger partial charge in [0.1, 0.15) is 23.9 Å². The van der Waals surface area contributed by atoms with Crippen LogP contribution >= 0.6 is 23.5 Å². The fraction of sp³-hybridized carbons (Fsp3) is 0.385. The zero-order valence-electron chi connectivity index (χ0n) is 20.7. The number of nitrogens with one attached hydrogen (secondary N) is 3. The van der Waals surface area contributed by atoms with Crippen molar-refractivity contribution in [2.45, 2.75) is 37.0 Å². The van der Waals surface area contributed by atoms with Gasteiger partial charge in [-0.25, -0.2) is 4.79 Å². The van der Waals surface area contributed by atoms with E-state index in [-0.39, 0.29) is 30.1 Å². The summed E-state index contributed by atoms with van der Waals surface area (Å²) in [6.07, 6.45) is 0.353. The van der Waals surface area contributed by atoms with Crippen LogP contribution < -0.4 is 21.7 Å². The van der Waals surface area contributed by atoms with Gasteiger partial charge in [0.2, 0.25) is 17.7 Å². The van der Waals surface area contributed by atoms with Gasteiger partial charge < -0.3 is 31.9 Å². The summed E-state index contributed by atoms with van der Waals surface area (Å²) in [5.41, 5.74) is 7.64. The molecule has 1 fully saturated rings. The van der Waals surface area contributed by atoms with Crippen LogP contribution in [0.2, 0.25) is 0 Å². The molecule has 0 aliphatic carbocycles. The third-order valence-corrected chi connectivity index (χ3v) is 8.22. The summed E-state index contributed by atoms with van der Waals surface area (Å²) in [6.45, 7) is 0. The standard InChI is InChI=1S/C26H32N4O6S2/c27-19(12-17-6-8-18(31)9-7-17)23(32)29-21-14-37-10-11-38-15-22(26(35)36)30-24(33)20(28-25(21)34)13-16-4-2-1-3-5-16/h1-9,19-22,31H,10-15,27H2,(H,28,34)(H,29,32)(H,30,33)(H,35,36)/t19-,20?,21?,22+/m0/s1. The van der Waals surface area contributed by atoms with E-state index in [0.717, 1.165) is 11.1 Å². The molecule has 7 N–H and O–H groups in total. The van der Waals surface area contributed by atoms with E-state index in [1.54, 1.807) is 24.3 Å². The maximum Gasteiger partial charge on any atom is 0.327 e. The van der Waals surface area contributed by atoms with Crippen molar-refractivity contribution in [3.05, 3.63) is 65.7 Å². The summed E-state index contributed by atoms with van der Waals surface area (Å²) in [4.78, 5) is 51.0. The van der Waals surface area contributed by atoms with Gasteiger partial charge in [0.15, 0.2) is 0 Å². The van der Waals surface area contributed by atoms with E-state index in [0.29, 0.717) is 11.5 Å². The molecular formula is C26H32N4O6S2. The first-order chi connectivity index (χ1) is 18.2. The molecule has 2 aromatic rings. The lowest BCUT2D eigenvalue weighted by Gasteiger charge is -2.25. The summed E-state index contributed by atoms with van der Waals surface area (Å²) in [7, 11) is 0. The number of carbonyl (C=O) groups is 4. The Morgan fingerprint density at radius 3 is 2.26 bits per heavy atom. The highest BCUT2D eigenvalue weighted by atomic mass is 32.2. The number of carboxylic acids is 1. The van der Waals surface area contributed by atoms with Crippen LogP contribution in [0.5, 0.6) is 5.75 Å². The number of rotatable bonds is 7. The topological polar surface area (TPSA) is 171 Å². The Kier molecular flexibility index (Phi) is 11.3. The number of hydrogen-bond acceptors (Lipinski definition) is 8. The molecule has 0 saturated carbocycles. The van der Waals surface area contributed by atoms with Gasteiger partial charge in [0, 0.05) is 29.4 Å². The second-order valence-electron chi connectivity index (χ2n) is 8.84. The fourth-order valence-electron chi connectivity index (χ4n) is 3.74. The van der Waals surface area contributed by atoms with Gasteiger partial charge in [-0.3, -0.25) is 14.4 Å². The van der Waals surface area contributed by atoms with Crippen molar-refractivity contribution in [2.24, 2.45) is 5.73 Å². The molecule has 10 nitrogen and oxygen atoms in total. The monoisotopic (exact) mass is 560 g/mol. The van der Waals surface area contributed by atoms with Crippen LogP contribution in [0.25, 0.3) is 0 Å². The minimum atomic E-state index is -1.15. The molecule has 2 aromatic carbocycles. The molecule has 38 heavy (non-hydrogen) atoms. The van der Waals surface area contributed by atoms with Gasteiger partial charge in [-0.15, -0.1) is 0 Å². The third-order valence-electron chi connectivity index (χ3n) is 5.83. The maximum atomic E-state index is 13.3. The van der Waals surface area contributed by atoms with E-state index in [1.807, 2.05) is 18.2 Å². The third kappa shape index (κ3) is 9.26. The normalized spacial score (nSPS) is 22.0. The minimum Gasteiger partial charge on any atom is -0.508 e. The molecule has 1 aliphatic rings. The number of phenolic OH excluding ortho intramolecular Hbond substituents is 1. The molecule has 4 atom stereocenters. The van der Waals surface area contributed by atoms with Crippen molar-refractivity contribution in [2.75, 3.05) is 23.0 Å². The van der Waals surface area contributed by atoms with Gasteiger partial charge in [-0.1, -0.05) is 42.5 Å². The molecular weight excluding hydrogens is 528 g/mol. The Labute approximate surface area is 229 Å². The van der Waals surface area contributed by atoms with Crippen molar-refractivity contribution in [1.29, 1.82) is 0 Å². The van der Waals surface area contributed by atoms with E-state index in [4.69, 9.17) is 5.73 Å². The van der Waals surface area contributed by atoms with Crippen molar-refractivity contribution in [3.63, 3.8) is 0 Å². The molecule has 204 valence electrons. The molecule has 12 heteroatoms. The minimum absolute atomic E-state index is 0.103. The molecule has 2 unspecified atom stereocenters. The highest BCUT2D eigenvalue weighted by molar-refractivity contribution is 8.03. The van der Waals surface area contributed by atoms with Gasteiger partial charge in [-0.2, -0.15) is 23.5 Å². The first kappa shape index (κ1) is 29.3. The number of nitrogens with two attached hydrogens (primary N) is 1. The lowest BCUT2D eigenvalue weighted by atomic mass is 10.0. The Balaban J connectivity index is 1.75. The van der Waals surface area contributed by atoms with Crippen LogP contribution in [-0.4, -0.2) is 81.1 Å². The SMILES string of the molecule is N[C@@H](Cc1ccc(O)cc1)C(=O)NC1CSCCSC[C@H](C(=O)O)NC(=O)C(Cc2ccccc2)NC1=O. The van der Waals surface area contributed by atoms with Crippen LogP contribution in [0, 0.1) is 0 Å². The first-order valence-electron chi connectivity index (χ1n) is 12.1.